The molecule has 0 fully saturated rings. The van der Waals surface area contributed by atoms with E-state index in [1.54, 1.807) is 0 Å². The second kappa shape index (κ2) is 6.20. The third kappa shape index (κ3) is 2.19. The highest BCUT2D eigenvalue weighted by atomic mass is 14.9. The van der Waals surface area contributed by atoms with Crippen molar-refractivity contribution >= 4 is 38.1 Å². The maximum absolute atomic E-state index is 2.53. The quantitative estimate of drug-likeness (QED) is 0.207. The normalized spacial score (nSPS) is 13.5. The van der Waals surface area contributed by atoms with Crippen LogP contribution in [0.15, 0.2) is 103 Å². The Kier molecular flexibility index (Phi) is 3.19. The van der Waals surface area contributed by atoms with E-state index >= 15 is 0 Å². The summed E-state index contributed by atoms with van der Waals surface area (Å²) in [6, 6.07) is 38.7. The number of pyridine rings is 1. The Balaban J connectivity index is 1.51. The molecule has 0 saturated carbocycles. The first kappa shape index (κ1) is 18.0. The van der Waals surface area contributed by atoms with Gasteiger partial charge >= 0.3 is 0 Å². The van der Waals surface area contributed by atoms with Crippen LogP contribution in [0, 0.1) is 0 Å². The second-order valence-corrected chi connectivity index (χ2v) is 10.1. The Bertz CT molecular complexity index is 2050. The summed E-state index contributed by atoms with van der Waals surface area (Å²) in [5.74, 6) is 0. The first-order chi connectivity index (χ1) is 17.3. The van der Waals surface area contributed by atoms with Crippen LogP contribution < -0.4 is 0 Å². The summed E-state index contributed by atoms with van der Waals surface area (Å²) in [7, 11) is 0. The average molecular weight is 444 g/mol. The molecule has 2 aliphatic rings. The molecule has 0 atom stereocenters. The molecule has 2 aliphatic carbocycles. The summed E-state index contributed by atoms with van der Waals surface area (Å²) >= 11 is 0. The topological polar surface area (TPSA) is 4.41 Å². The Hall–Kier alpha value is -4.36. The minimum Gasteiger partial charge on any atom is -0.309 e. The van der Waals surface area contributed by atoms with E-state index in [1.807, 2.05) is 0 Å². The van der Waals surface area contributed by atoms with Gasteiger partial charge in [0.15, 0.2) is 0 Å². The van der Waals surface area contributed by atoms with Crippen LogP contribution in [-0.4, -0.2) is 4.40 Å². The fourth-order valence-corrected chi connectivity index (χ4v) is 6.90. The molecule has 0 bridgehead atoms. The maximum atomic E-state index is 2.53. The molecule has 1 heteroatoms. The highest BCUT2D eigenvalue weighted by Gasteiger charge is 2.25. The lowest BCUT2D eigenvalue weighted by atomic mass is 9.94. The molecule has 1 nitrogen and oxygen atoms in total. The molecule has 162 valence electrons. The van der Waals surface area contributed by atoms with Crippen LogP contribution >= 0.6 is 0 Å². The van der Waals surface area contributed by atoms with Crippen LogP contribution in [0.2, 0.25) is 0 Å². The number of rotatable bonds is 0. The monoisotopic (exact) mass is 443 g/mol. The van der Waals surface area contributed by atoms with Gasteiger partial charge in [-0.3, -0.25) is 0 Å². The van der Waals surface area contributed by atoms with E-state index in [9.17, 15) is 0 Å². The van der Waals surface area contributed by atoms with E-state index in [0.29, 0.717) is 0 Å². The summed E-state index contributed by atoms with van der Waals surface area (Å²) in [6.45, 7) is 0. The number of nitrogens with zero attached hydrogens (tertiary/aromatic N) is 1. The van der Waals surface area contributed by atoms with Crippen molar-refractivity contribution in [1.29, 1.82) is 0 Å². The largest absolute Gasteiger partial charge is 0.309 e. The Morgan fingerprint density at radius 3 is 2.09 bits per heavy atom. The lowest BCUT2D eigenvalue weighted by molar-refractivity contribution is 1.25. The smallest absolute Gasteiger partial charge is 0.0550 e. The van der Waals surface area contributed by atoms with E-state index in [-0.39, 0.29) is 0 Å². The van der Waals surface area contributed by atoms with Gasteiger partial charge in [0.2, 0.25) is 0 Å². The van der Waals surface area contributed by atoms with Gasteiger partial charge in [-0.15, -0.1) is 0 Å². The van der Waals surface area contributed by atoms with Gasteiger partial charge in [0.25, 0.3) is 0 Å². The number of hydrogen-bond acceptors (Lipinski definition) is 0. The number of aromatic nitrogens is 1. The van der Waals surface area contributed by atoms with Crippen molar-refractivity contribution in [3.8, 4) is 22.3 Å². The Morgan fingerprint density at radius 2 is 1.20 bits per heavy atom. The molecule has 2 heterocycles. The molecule has 0 unspecified atom stereocenters. The number of para-hydroxylation sites is 1. The molecule has 7 aromatic rings. The molecule has 0 saturated heterocycles. The van der Waals surface area contributed by atoms with Crippen LogP contribution in [0.25, 0.3) is 60.3 Å². The molecule has 35 heavy (non-hydrogen) atoms. The van der Waals surface area contributed by atoms with E-state index in [4.69, 9.17) is 0 Å². The van der Waals surface area contributed by atoms with Gasteiger partial charge in [0.1, 0.15) is 0 Å². The van der Waals surface area contributed by atoms with Gasteiger partial charge in [-0.05, 0) is 87.0 Å². The Labute approximate surface area is 202 Å². The van der Waals surface area contributed by atoms with Crippen molar-refractivity contribution in [2.45, 2.75) is 12.8 Å². The molecule has 2 aromatic heterocycles. The summed E-state index contributed by atoms with van der Waals surface area (Å²) in [4.78, 5) is 0. The molecule has 0 aliphatic heterocycles. The third-order valence-electron chi connectivity index (χ3n) is 8.40. The molecule has 0 radical (unpaired) electrons. The van der Waals surface area contributed by atoms with Gasteiger partial charge in [-0.25, -0.2) is 0 Å². The van der Waals surface area contributed by atoms with Crippen molar-refractivity contribution in [3.63, 3.8) is 0 Å². The number of hydrogen-bond donors (Lipinski definition) is 0. The van der Waals surface area contributed by atoms with Gasteiger partial charge in [-0.2, -0.15) is 0 Å². The highest BCUT2D eigenvalue weighted by Crippen LogP contribution is 2.46. The summed E-state index contributed by atoms with van der Waals surface area (Å²) in [5.41, 5.74) is 15.3. The van der Waals surface area contributed by atoms with Crippen LogP contribution in [0.1, 0.15) is 22.3 Å². The zero-order chi connectivity index (χ0) is 22.7. The fourth-order valence-electron chi connectivity index (χ4n) is 6.90. The first-order valence-corrected chi connectivity index (χ1v) is 12.5. The van der Waals surface area contributed by atoms with Crippen LogP contribution in [0.3, 0.4) is 0 Å². The molecular formula is C34H21N. The van der Waals surface area contributed by atoms with Gasteiger partial charge in [0, 0.05) is 16.2 Å². The number of benzene rings is 5. The van der Waals surface area contributed by atoms with E-state index in [1.165, 1.54) is 82.6 Å². The van der Waals surface area contributed by atoms with Crippen molar-refractivity contribution < 1.29 is 0 Å². The standard InChI is InChI=1S/C34H21N/c1-5-11-25-20(7-1)15-23-18-32-29(19-28(23)25)27-14-13-26-24-10-4-2-8-21(24)16-30(26)34(27)33-17-22-9-3-6-12-31(22)35(32)33/h1-14,17-19H,15-16H2. The lowest BCUT2D eigenvalue weighted by Crippen LogP contribution is -1.95. The third-order valence-corrected chi connectivity index (χ3v) is 8.40. The molecular weight excluding hydrogens is 422 g/mol. The SMILES string of the molecule is c1ccc2c(c1)Cc1cc3c(cc1-2)c1ccc2c(c1c1cc4ccccc4n31)Cc1ccccc1-2. The minimum atomic E-state index is 0.999. The van der Waals surface area contributed by atoms with Gasteiger partial charge in [0.05, 0.1) is 16.6 Å². The minimum absolute atomic E-state index is 0.999. The van der Waals surface area contributed by atoms with Crippen molar-refractivity contribution in [2.24, 2.45) is 0 Å². The van der Waals surface area contributed by atoms with E-state index < -0.39 is 0 Å². The lowest BCUT2D eigenvalue weighted by Gasteiger charge is -2.15. The van der Waals surface area contributed by atoms with Crippen LogP contribution in [-0.2, 0) is 12.8 Å². The second-order valence-electron chi connectivity index (χ2n) is 10.1. The van der Waals surface area contributed by atoms with Crippen LogP contribution in [0.4, 0.5) is 0 Å². The predicted octanol–water partition coefficient (Wildman–Crippen LogP) is 8.54. The highest BCUT2D eigenvalue weighted by molar-refractivity contribution is 6.19. The van der Waals surface area contributed by atoms with Gasteiger partial charge < -0.3 is 4.40 Å². The summed E-state index contributed by atoms with van der Waals surface area (Å²) in [5, 5.41) is 5.43. The first-order valence-electron chi connectivity index (χ1n) is 12.5. The van der Waals surface area contributed by atoms with E-state index in [2.05, 4.69) is 108 Å². The molecule has 9 rings (SSSR count). The molecule has 0 amide bonds. The van der Waals surface area contributed by atoms with Crippen molar-refractivity contribution in [1.82, 2.24) is 4.40 Å². The fraction of sp³-hybridized carbons (Fsp3) is 0.0588. The van der Waals surface area contributed by atoms with Crippen molar-refractivity contribution in [2.75, 3.05) is 0 Å². The zero-order valence-electron chi connectivity index (χ0n) is 19.2. The van der Waals surface area contributed by atoms with E-state index in [0.717, 1.165) is 12.8 Å². The summed E-state index contributed by atoms with van der Waals surface area (Å²) < 4.78 is 2.53. The van der Waals surface area contributed by atoms with Crippen molar-refractivity contribution in [3.05, 3.63) is 125 Å². The Morgan fingerprint density at radius 1 is 0.457 bits per heavy atom. The maximum Gasteiger partial charge on any atom is 0.0550 e. The van der Waals surface area contributed by atoms with Gasteiger partial charge in [-0.1, -0.05) is 78.9 Å². The predicted molar refractivity (Wildman–Crippen MR) is 146 cm³/mol. The molecule has 0 N–H and O–H groups in total. The average Bonchev–Trinajstić information content (AvgIpc) is 3.58. The number of fused-ring (bicyclic) bond motifs is 15. The summed E-state index contributed by atoms with van der Waals surface area (Å²) in [6.07, 6.45) is 2.01. The molecule has 5 aromatic carbocycles. The zero-order valence-corrected chi connectivity index (χ0v) is 19.2. The van der Waals surface area contributed by atoms with Crippen LogP contribution in [0.5, 0.6) is 0 Å². The molecule has 0 spiro atoms.